The molecule has 3 N–H and O–H groups in total. The topological polar surface area (TPSA) is 104 Å². The molecule has 2 unspecified atom stereocenters. The zero-order valence-electron chi connectivity index (χ0n) is 24.1. The summed E-state index contributed by atoms with van der Waals surface area (Å²) in [6.07, 6.45) is 8.06. The minimum atomic E-state index is -0.613. The number of hydrogen-bond donors (Lipinski definition) is 2. The third-order valence-corrected chi connectivity index (χ3v) is 8.27. The molecule has 0 saturated carbocycles. The van der Waals surface area contributed by atoms with E-state index in [4.69, 9.17) is 10.7 Å². The molecule has 2 amide bonds. The van der Waals surface area contributed by atoms with E-state index in [1.54, 1.807) is 11.0 Å². The van der Waals surface area contributed by atoms with E-state index in [1.807, 2.05) is 18.3 Å². The minimum Gasteiger partial charge on any atom is -0.383 e. The maximum absolute atomic E-state index is 12.1. The quantitative estimate of drug-likeness (QED) is 0.280. The zero-order valence-corrected chi connectivity index (χ0v) is 24.9. The van der Waals surface area contributed by atoms with Crippen LogP contribution in [-0.2, 0) is 16.0 Å². The molecule has 1 aromatic carbocycles. The van der Waals surface area contributed by atoms with Crippen molar-refractivity contribution in [3.8, 4) is 0 Å². The Bertz CT molecular complexity index is 1190. The second-order valence-corrected chi connectivity index (χ2v) is 11.9. The van der Waals surface area contributed by atoms with Gasteiger partial charge in [-0.15, -0.1) is 11.3 Å². The Morgan fingerprint density at radius 2 is 2.03 bits per heavy atom. The van der Waals surface area contributed by atoms with Gasteiger partial charge in [-0.2, -0.15) is 0 Å². The number of hydrogen-bond acceptors (Lipinski definition) is 7. The Kier molecular flexibility index (Phi) is 11.7. The van der Waals surface area contributed by atoms with E-state index in [0.29, 0.717) is 36.4 Å². The molecular formula is C30H44N6O2S. The van der Waals surface area contributed by atoms with E-state index in [1.165, 1.54) is 41.7 Å². The molecule has 1 saturated heterocycles. The van der Waals surface area contributed by atoms with Crippen LogP contribution in [0.2, 0.25) is 0 Å². The summed E-state index contributed by atoms with van der Waals surface area (Å²) in [5.41, 5.74) is 8.23. The fraction of sp³-hybridized carbons (Fsp3) is 0.533. The molecular weight excluding hydrogens is 508 g/mol. The van der Waals surface area contributed by atoms with Gasteiger partial charge in [0.25, 0.3) is 0 Å². The molecule has 39 heavy (non-hydrogen) atoms. The Morgan fingerprint density at radius 3 is 2.72 bits per heavy atom. The van der Waals surface area contributed by atoms with Crippen LogP contribution in [-0.4, -0.2) is 65.3 Å². The molecule has 0 spiro atoms. The van der Waals surface area contributed by atoms with Crippen LogP contribution < -0.4 is 11.1 Å². The lowest BCUT2D eigenvalue weighted by atomic mass is 10.0. The van der Waals surface area contributed by atoms with Crippen molar-refractivity contribution in [2.75, 3.05) is 44.8 Å². The average molecular weight is 553 g/mol. The lowest BCUT2D eigenvalue weighted by molar-refractivity contribution is -0.144. The monoisotopic (exact) mass is 552 g/mol. The predicted molar refractivity (Wildman–Crippen MR) is 162 cm³/mol. The van der Waals surface area contributed by atoms with E-state index in [2.05, 4.69) is 67.4 Å². The summed E-state index contributed by atoms with van der Waals surface area (Å²) < 4.78 is 1.31. The molecule has 1 aliphatic rings. The molecule has 2 aromatic heterocycles. The van der Waals surface area contributed by atoms with Gasteiger partial charge in [0.1, 0.15) is 5.82 Å². The van der Waals surface area contributed by atoms with Crippen LogP contribution in [0.3, 0.4) is 0 Å². The summed E-state index contributed by atoms with van der Waals surface area (Å²) in [4.78, 5) is 36.8. The number of nitrogens with one attached hydrogen (secondary N) is 1. The van der Waals surface area contributed by atoms with E-state index >= 15 is 0 Å². The number of nitrogens with two attached hydrogens (primary N) is 1. The Hall–Kier alpha value is -3.04. The number of carbonyl (C=O) groups is 2. The molecule has 1 aliphatic heterocycles. The van der Waals surface area contributed by atoms with Crippen LogP contribution >= 0.6 is 11.3 Å². The second-order valence-electron chi connectivity index (χ2n) is 10.8. The van der Waals surface area contributed by atoms with E-state index in [9.17, 15) is 9.59 Å². The fourth-order valence-electron chi connectivity index (χ4n) is 4.68. The number of aromatic nitrogens is 2. The summed E-state index contributed by atoms with van der Waals surface area (Å²) in [6, 6.07) is 10.2. The Balaban J connectivity index is 0.000000218. The molecule has 4 rings (SSSR count). The molecule has 3 heterocycles. The van der Waals surface area contributed by atoms with Gasteiger partial charge in [0.05, 0.1) is 27.1 Å². The first-order chi connectivity index (χ1) is 18.7. The average Bonchev–Trinajstić information content (AvgIpc) is 3.36. The molecule has 8 nitrogen and oxygen atoms in total. The standard InChI is InChI=1S/C15H22N4O2.C15H22N2S/c1-3-11-7-12(8-17-13(11)16)18-14(20)15(21)19-6-4-5-10(2)9-19;1-12(8-6-7-11-17(2)3)15-16-13-9-4-5-10-14(13)18-15/h7-8,10H,3-6,9H2,1-2H3,(H2,16,17)(H,18,20);4-5,9-10,12H,6-8,11H2,1-3H3. The van der Waals surface area contributed by atoms with Crippen molar-refractivity contribution in [3.05, 3.63) is 47.1 Å². The number of likely N-dealkylation sites (tertiary alicyclic amines) is 1. The molecule has 0 radical (unpaired) electrons. The van der Waals surface area contributed by atoms with Crippen LogP contribution in [0.1, 0.15) is 69.4 Å². The number of aryl methyl sites for hydroxylation is 1. The largest absolute Gasteiger partial charge is 0.383 e. The van der Waals surface area contributed by atoms with Gasteiger partial charge in [-0.25, -0.2) is 9.97 Å². The highest BCUT2D eigenvalue weighted by molar-refractivity contribution is 7.18. The lowest BCUT2D eigenvalue weighted by Gasteiger charge is -2.30. The van der Waals surface area contributed by atoms with E-state index in [0.717, 1.165) is 30.3 Å². The van der Waals surface area contributed by atoms with Crippen molar-refractivity contribution in [1.29, 1.82) is 0 Å². The lowest BCUT2D eigenvalue weighted by Crippen LogP contribution is -2.44. The summed E-state index contributed by atoms with van der Waals surface area (Å²) in [5.74, 6) is 0.394. The third kappa shape index (κ3) is 9.28. The SMILES string of the molecule is CC(CCCCN(C)C)c1nc2ccccc2s1.CCc1cc(NC(=O)C(=O)N2CCCC(C)C2)cnc1N. The molecule has 0 aliphatic carbocycles. The number of para-hydroxylation sites is 1. The van der Waals surface area contributed by atoms with E-state index in [-0.39, 0.29) is 0 Å². The first-order valence-electron chi connectivity index (χ1n) is 14.0. The van der Waals surface area contributed by atoms with Gasteiger partial charge in [-0.1, -0.05) is 39.3 Å². The first-order valence-corrected chi connectivity index (χ1v) is 14.8. The van der Waals surface area contributed by atoms with Crippen molar-refractivity contribution in [3.63, 3.8) is 0 Å². The number of nitrogens with zero attached hydrogens (tertiary/aromatic N) is 4. The maximum Gasteiger partial charge on any atom is 0.313 e. The van der Waals surface area contributed by atoms with Crippen LogP contribution in [0.15, 0.2) is 36.5 Å². The molecule has 3 aromatic rings. The summed E-state index contributed by atoms with van der Waals surface area (Å²) in [7, 11) is 4.27. The van der Waals surface area contributed by atoms with Crippen LogP contribution in [0.5, 0.6) is 0 Å². The fourth-order valence-corrected chi connectivity index (χ4v) is 5.73. The highest BCUT2D eigenvalue weighted by atomic mass is 32.1. The number of rotatable bonds is 8. The summed E-state index contributed by atoms with van der Waals surface area (Å²) in [6.45, 7) is 8.83. The smallest absolute Gasteiger partial charge is 0.313 e. The maximum atomic E-state index is 12.1. The van der Waals surface area contributed by atoms with Gasteiger partial charge < -0.3 is 20.9 Å². The minimum absolute atomic E-state index is 0.445. The van der Waals surface area contributed by atoms with Gasteiger partial charge in [0.15, 0.2) is 0 Å². The number of thiazole rings is 1. The number of unbranched alkanes of at least 4 members (excludes halogenated alkanes) is 1. The van der Waals surface area contributed by atoms with E-state index < -0.39 is 11.8 Å². The molecule has 212 valence electrons. The van der Waals surface area contributed by atoms with Crippen molar-refractivity contribution < 1.29 is 9.59 Å². The molecule has 9 heteroatoms. The number of carbonyl (C=O) groups excluding carboxylic acids is 2. The zero-order chi connectivity index (χ0) is 28.4. The number of fused-ring (bicyclic) bond motifs is 1. The van der Waals surface area contributed by atoms with Crippen molar-refractivity contribution in [2.24, 2.45) is 5.92 Å². The van der Waals surface area contributed by atoms with Crippen LogP contribution in [0.4, 0.5) is 11.5 Å². The van der Waals surface area contributed by atoms with Crippen LogP contribution in [0, 0.1) is 5.92 Å². The van der Waals surface area contributed by atoms with Crippen molar-refractivity contribution in [1.82, 2.24) is 19.8 Å². The number of amides is 2. The molecule has 1 fully saturated rings. The Morgan fingerprint density at radius 1 is 1.26 bits per heavy atom. The first kappa shape index (κ1) is 30.5. The van der Waals surface area contributed by atoms with Gasteiger partial charge in [-0.05, 0) is 82.4 Å². The predicted octanol–water partition coefficient (Wildman–Crippen LogP) is 5.55. The van der Waals surface area contributed by atoms with Gasteiger partial charge in [-0.3, -0.25) is 9.59 Å². The summed E-state index contributed by atoms with van der Waals surface area (Å²) in [5, 5.41) is 3.90. The second kappa shape index (κ2) is 14.9. The number of anilines is 2. The number of benzene rings is 1. The van der Waals surface area contributed by atoms with Crippen molar-refractivity contribution >= 4 is 44.9 Å². The molecule has 0 bridgehead atoms. The number of pyridine rings is 1. The molecule has 2 atom stereocenters. The van der Waals surface area contributed by atoms with Crippen LogP contribution in [0.25, 0.3) is 10.2 Å². The van der Waals surface area contributed by atoms with Gasteiger partial charge in [0.2, 0.25) is 0 Å². The summed E-state index contributed by atoms with van der Waals surface area (Å²) >= 11 is 1.85. The normalized spacial score (nSPS) is 16.1. The number of piperidine rings is 1. The highest BCUT2D eigenvalue weighted by Gasteiger charge is 2.26. The highest BCUT2D eigenvalue weighted by Crippen LogP contribution is 2.30. The van der Waals surface area contributed by atoms with Gasteiger partial charge >= 0.3 is 11.8 Å². The third-order valence-electron chi connectivity index (χ3n) is 7.00. The Labute approximate surface area is 237 Å². The van der Waals surface area contributed by atoms with Crippen molar-refractivity contribution in [2.45, 2.75) is 65.2 Å². The van der Waals surface area contributed by atoms with Gasteiger partial charge in [0, 0.05) is 19.0 Å². The number of nitrogen functional groups attached to an aromatic ring is 1.